The fourth-order valence-corrected chi connectivity index (χ4v) is 2.28. The molecule has 0 atom stereocenters. The molecule has 0 radical (unpaired) electrons. The van der Waals surface area contributed by atoms with E-state index in [4.69, 9.17) is 4.74 Å². The van der Waals surface area contributed by atoms with E-state index in [1.54, 1.807) is 4.68 Å². The molecule has 0 saturated carbocycles. The summed E-state index contributed by atoms with van der Waals surface area (Å²) in [5, 5.41) is 5.29. The molecule has 0 amide bonds. The number of rotatable bonds is 3. The van der Waals surface area contributed by atoms with E-state index >= 15 is 0 Å². The first-order chi connectivity index (χ1) is 8.90. The Hall–Kier alpha value is -1.36. The SMILES string of the molecule is CC(C)OC(=O)c1c2cc(Br)ccc2nn1C(C)C. The summed E-state index contributed by atoms with van der Waals surface area (Å²) in [6.45, 7) is 7.67. The average Bonchev–Trinajstić information content (AvgIpc) is 2.66. The number of ether oxygens (including phenoxy) is 1. The van der Waals surface area contributed by atoms with E-state index in [1.807, 2.05) is 45.9 Å². The quantitative estimate of drug-likeness (QED) is 0.803. The second-order valence-corrected chi connectivity index (χ2v) is 5.92. The highest BCUT2D eigenvalue weighted by atomic mass is 79.9. The van der Waals surface area contributed by atoms with Crippen LogP contribution in [0.1, 0.15) is 44.2 Å². The van der Waals surface area contributed by atoms with Crippen LogP contribution in [0.3, 0.4) is 0 Å². The maximum absolute atomic E-state index is 12.3. The van der Waals surface area contributed by atoms with Crippen molar-refractivity contribution >= 4 is 32.8 Å². The van der Waals surface area contributed by atoms with Gasteiger partial charge in [-0.2, -0.15) is 5.10 Å². The van der Waals surface area contributed by atoms with Crippen molar-refractivity contribution in [2.75, 3.05) is 0 Å². The summed E-state index contributed by atoms with van der Waals surface area (Å²) in [7, 11) is 0. The summed E-state index contributed by atoms with van der Waals surface area (Å²) in [4.78, 5) is 12.3. The Balaban J connectivity index is 2.63. The molecule has 5 heteroatoms. The van der Waals surface area contributed by atoms with Crippen LogP contribution in [0.2, 0.25) is 0 Å². The lowest BCUT2D eigenvalue weighted by molar-refractivity contribution is 0.0364. The molecule has 2 aromatic rings. The van der Waals surface area contributed by atoms with Gasteiger partial charge in [0.2, 0.25) is 0 Å². The van der Waals surface area contributed by atoms with E-state index in [1.165, 1.54) is 0 Å². The van der Waals surface area contributed by atoms with Gasteiger partial charge in [-0.1, -0.05) is 15.9 Å². The van der Waals surface area contributed by atoms with Gasteiger partial charge in [-0.15, -0.1) is 0 Å². The van der Waals surface area contributed by atoms with Gasteiger partial charge in [0.25, 0.3) is 0 Å². The van der Waals surface area contributed by atoms with Gasteiger partial charge in [0.1, 0.15) is 0 Å². The molecule has 0 aliphatic carbocycles. The Kier molecular flexibility index (Phi) is 3.94. The largest absolute Gasteiger partial charge is 0.458 e. The van der Waals surface area contributed by atoms with Crippen molar-refractivity contribution in [2.45, 2.75) is 39.8 Å². The average molecular weight is 325 g/mol. The molecule has 0 unspecified atom stereocenters. The lowest BCUT2D eigenvalue weighted by Gasteiger charge is -2.12. The highest BCUT2D eigenvalue weighted by Gasteiger charge is 2.22. The molecule has 1 aromatic heterocycles. The molecular formula is C14H17BrN2O2. The number of carbonyl (C=O) groups excluding carboxylic acids is 1. The minimum Gasteiger partial charge on any atom is -0.458 e. The van der Waals surface area contributed by atoms with Crippen molar-refractivity contribution in [3.8, 4) is 0 Å². The van der Waals surface area contributed by atoms with E-state index in [-0.39, 0.29) is 18.1 Å². The molecule has 0 aliphatic heterocycles. The summed E-state index contributed by atoms with van der Waals surface area (Å²) < 4.78 is 7.96. The van der Waals surface area contributed by atoms with Gasteiger partial charge in [-0.05, 0) is 45.9 Å². The molecule has 0 bridgehead atoms. The fourth-order valence-electron chi connectivity index (χ4n) is 1.92. The molecule has 1 aromatic carbocycles. The van der Waals surface area contributed by atoms with Crippen molar-refractivity contribution < 1.29 is 9.53 Å². The first-order valence-corrected chi connectivity index (χ1v) is 7.08. The van der Waals surface area contributed by atoms with E-state index < -0.39 is 0 Å². The summed E-state index contributed by atoms with van der Waals surface area (Å²) in [6.07, 6.45) is -0.148. The number of benzene rings is 1. The minimum atomic E-state index is -0.329. The number of hydrogen-bond donors (Lipinski definition) is 0. The van der Waals surface area contributed by atoms with Crippen LogP contribution in [0.25, 0.3) is 10.9 Å². The van der Waals surface area contributed by atoms with Gasteiger partial charge in [0.15, 0.2) is 5.69 Å². The number of nitrogens with zero attached hydrogens (tertiary/aromatic N) is 2. The molecule has 0 aliphatic rings. The minimum absolute atomic E-state index is 0.0980. The molecule has 0 saturated heterocycles. The standard InChI is InChI=1S/C14H17BrN2O2/c1-8(2)17-13(14(18)19-9(3)4)11-7-10(15)5-6-12(11)16-17/h5-9H,1-4H3. The number of esters is 1. The zero-order valence-corrected chi connectivity index (χ0v) is 13.1. The molecule has 1 heterocycles. The third-order valence-corrected chi connectivity index (χ3v) is 3.18. The normalized spacial score (nSPS) is 11.5. The molecule has 4 nitrogen and oxygen atoms in total. The Morgan fingerprint density at radius 2 is 2.00 bits per heavy atom. The van der Waals surface area contributed by atoms with Crippen LogP contribution in [0.15, 0.2) is 22.7 Å². The third-order valence-electron chi connectivity index (χ3n) is 2.68. The number of aromatic nitrogens is 2. The monoisotopic (exact) mass is 324 g/mol. The van der Waals surface area contributed by atoms with Crippen molar-refractivity contribution in [3.63, 3.8) is 0 Å². The van der Waals surface area contributed by atoms with E-state index in [0.29, 0.717) is 5.69 Å². The molecule has 19 heavy (non-hydrogen) atoms. The van der Waals surface area contributed by atoms with Gasteiger partial charge >= 0.3 is 5.97 Å². The van der Waals surface area contributed by atoms with Gasteiger partial charge in [-0.3, -0.25) is 4.68 Å². The Morgan fingerprint density at radius 3 is 2.58 bits per heavy atom. The number of fused-ring (bicyclic) bond motifs is 1. The van der Waals surface area contributed by atoms with Crippen molar-refractivity contribution in [1.29, 1.82) is 0 Å². The van der Waals surface area contributed by atoms with Gasteiger partial charge < -0.3 is 4.74 Å². The number of hydrogen-bond acceptors (Lipinski definition) is 3. The summed E-state index contributed by atoms with van der Waals surface area (Å²) in [6, 6.07) is 5.81. The zero-order valence-electron chi connectivity index (χ0n) is 11.5. The lowest BCUT2D eigenvalue weighted by atomic mass is 10.2. The van der Waals surface area contributed by atoms with Crippen LogP contribution in [-0.4, -0.2) is 21.9 Å². The maximum Gasteiger partial charge on any atom is 0.357 e. The molecule has 2 rings (SSSR count). The third kappa shape index (κ3) is 2.81. The Bertz CT molecular complexity index is 617. The van der Waals surface area contributed by atoms with E-state index in [2.05, 4.69) is 21.0 Å². The molecule has 0 fully saturated rings. The van der Waals surface area contributed by atoms with Crippen molar-refractivity contribution in [1.82, 2.24) is 9.78 Å². The van der Waals surface area contributed by atoms with E-state index in [9.17, 15) is 4.79 Å². The van der Waals surface area contributed by atoms with Crippen LogP contribution < -0.4 is 0 Å². The zero-order chi connectivity index (χ0) is 14.2. The second kappa shape index (κ2) is 5.33. The van der Waals surface area contributed by atoms with Gasteiger partial charge in [0.05, 0.1) is 11.6 Å². The fraction of sp³-hybridized carbons (Fsp3) is 0.429. The highest BCUT2D eigenvalue weighted by Crippen LogP contribution is 2.25. The lowest BCUT2D eigenvalue weighted by Crippen LogP contribution is -2.18. The van der Waals surface area contributed by atoms with Crippen LogP contribution in [-0.2, 0) is 4.74 Å². The topological polar surface area (TPSA) is 44.1 Å². The van der Waals surface area contributed by atoms with Gasteiger partial charge in [0, 0.05) is 15.9 Å². The van der Waals surface area contributed by atoms with E-state index in [0.717, 1.165) is 15.4 Å². The highest BCUT2D eigenvalue weighted by molar-refractivity contribution is 9.10. The predicted molar refractivity (Wildman–Crippen MR) is 78.4 cm³/mol. The van der Waals surface area contributed by atoms with Crippen LogP contribution in [0.4, 0.5) is 0 Å². The van der Waals surface area contributed by atoms with Crippen molar-refractivity contribution in [3.05, 3.63) is 28.4 Å². The smallest absolute Gasteiger partial charge is 0.357 e. The molecule has 0 spiro atoms. The molecular weight excluding hydrogens is 308 g/mol. The number of halogens is 1. The second-order valence-electron chi connectivity index (χ2n) is 5.00. The predicted octanol–water partition coefficient (Wildman–Crippen LogP) is 3.94. The Morgan fingerprint density at radius 1 is 1.32 bits per heavy atom. The molecule has 102 valence electrons. The first-order valence-electron chi connectivity index (χ1n) is 6.29. The van der Waals surface area contributed by atoms with Crippen LogP contribution in [0.5, 0.6) is 0 Å². The Labute approximate surface area is 120 Å². The molecule has 0 N–H and O–H groups in total. The van der Waals surface area contributed by atoms with Crippen LogP contribution in [0, 0.1) is 0 Å². The summed E-state index contributed by atoms with van der Waals surface area (Å²) in [5.41, 5.74) is 1.31. The number of carbonyl (C=O) groups is 1. The van der Waals surface area contributed by atoms with Crippen molar-refractivity contribution in [2.24, 2.45) is 0 Å². The summed E-state index contributed by atoms with van der Waals surface area (Å²) >= 11 is 3.42. The first kappa shape index (κ1) is 14.1. The van der Waals surface area contributed by atoms with Gasteiger partial charge in [-0.25, -0.2) is 4.79 Å². The summed E-state index contributed by atoms with van der Waals surface area (Å²) in [5.74, 6) is -0.329. The maximum atomic E-state index is 12.3. The van der Waals surface area contributed by atoms with Crippen LogP contribution >= 0.6 is 15.9 Å².